The van der Waals surface area contributed by atoms with Crippen LogP contribution in [0.25, 0.3) is 10.1 Å². The molecule has 4 heteroatoms. The van der Waals surface area contributed by atoms with Crippen molar-refractivity contribution in [3.05, 3.63) is 23.1 Å². The Kier molecular flexibility index (Phi) is 2.91. The first kappa shape index (κ1) is 10.1. The molecule has 1 aromatic carbocycles. The second-order valence-electron chi connectivity index (χ2n) is 2.89. The molecule has 0 amide bonds. The molecular formula is C10H9ClOS2. The number of aromatic hydroxyl groups is 1. The number of hydrogen-bond donors (Lipinski definition) is 1. The van der Waals surface area contributed by atoms with Gasteiger partial charge in [0, 0.05) is 21.2 Å². The van der Waals surface area contributed by atoms with Gasteiger partial charge in [-0.3, -0.25) is 0 Å². The zero-order chi connectivity index (χ0) is 10.1. The molecule has 1 aromatic heterocycles. The predicted molar refractivity (Wildman–Crippen MR) is 64.8 cm³/mol. The number of phenols is 1. The van der Waals surface area contributed by atoms with E-state index in [4.69, 9.17) is 11.6 Å². The fourth-order valence-corrected chi connectivity index (χ4v) is 3.47. The van der Waals surface area contributed by atoms with Gasteiger partial charge in [0.15, 0.2) is 0 Å². The van der Waals surface area contributed by atoms with Gasteiger partial charge in [-0.05, 0) is 6.26 Å². The molecular weight excluding hydrogens is 236 g/mol. The summed E-state index contributed by atoms with van der Waals surface area (Å²) in [5.41, 5.74) is 0.800. The van der Waals surface area contributed by atoms with Crippen LogP contribution in [-0.4, -0.2) is 11.4 Å². The molecule has 0 radical (unpaired) electrons. The minimum Gasteiger partial charge on any atom is -0.506 e. The Morgan fingerprint density at radius 2 is 2.29 bits per heavy atom. The van der Waals surface area contributed by atoms with Crippen LogP contribution < -0.4 is 0 Å². The van der Waals surface area contributed by atoms with Gasteiger partial charge in [0.1, 0.15) is 5.75 Å². The van der Waals surface area contributed by atoms with Gasteiger partial charge in [0.2, 0.25) is 0 Å². The number of halogens is 1. The molecule has 1 nitrogen and oxygen atoms in total. The van der Waals surface area contributed by atoms with E-state index in [-0.39, 0.29) is 0 Å². The van der Waals surface area contributed by atoms with E-state index in [1.807, 2.05) is 18.4 Å². The molecule has 1 heterocycles. The molecule has 14 heavy (non-hydrogen) atoms. The third-order valence-corrected chi connectivity index (χ3v) is 4.35. The van der Waals surface area contributed by atoms with Crippen LogP contribution in [0, 0.1) is 0 Å². The summed E-state index contributed by atoms with van der Waals surface area (Å²) in [6, 6.07) is 3.91. The molecule has 0 fully saturated rings. The number of thioether (sulfide) groups is 1. The van der Waals surface area contributed by atoms with Crippen molar-refractivity contribution in [3.8, 4) is 5.75 Å². The lowest BCUT2D eigenvalue weighted by molar-refractivity contribution is 0.478. The highest BCUT2D eigenvalue weighted by Crippen LogP contribution is 2.39. The first-order chi connectivity index (χ1) is 6.77. The summed E-state index contributed by atoms with van der Waals surface area (Å²) in [6.07, 6.45) is 2.04. The van der Waals surface area contributed by atoms with Crippen LogP contribution in [-0.2, 0) is 5.88 Å². The predicted octanol–water partition coefficient (Wildman–Crippen LogP) is 4.07. The highest BCUT2D eigenvalue weighted by atomic mass is 35.5. The first-order valence-corrected chi connectivity index (χ1v) is 6.73. The summed E-state index contributed by atoms with van der Waals surface area (Å²) in [5.74, 6) is 0.691. The SMILES string of the molecule is CSc1csc2c(O)c(CCl)ccc12. The quantitative estimate of drug-likeness (QED) is 0.635. The number of phenolic OH excluding ortho intramolecular Hbond substituents is 1. The van der Waals surface area contributed by atoms with E-state index in [1.54, 1.807) is 23.1 Å². The summed E-state index contributed by atoms with van der Waals surface area (Å²) in [5, 5.41) is 13.1. The molecule has 0 saturated carbocycles. The molecule has 0 aliphatic heterocycles. The van der Waals surface area contributed by atoms with E-state index >= 15 is 0 Å². The van der Waals surface area contributed by atoms with Crippen molar-refractivity contribution < 1.29 is 5.11 Å². The second kappa shape index (κ2) is 4.01. The van der Waals surface area contributed by atoms with E-state index in [9.17, 15) is 5.11 Å². The Balaban J connectivity index is 2.72. The van der Waals surface area contributed by atoms with Gasteiger partial charge in [-0.2, -0.15) is 0 Å². The lowest BCUT2D eigenvalue weighted by atomic mass is 10.2. The minimum absolute atomic E-state index is 0.336. The number of fused-ring (bicyclic) bond motifs is 1. The average Bonchev–Trinajstić information content (AvgIpc) is 2.62. The second-order valence-corrected chi connectivity index (χ2v) is 4.88. The van der Waals surface area contributed by atoms with E-state index < -0.39 is 0 Å². The number of thiophene rings is 1. The van der Waals surface area contributed by atoms with E-state index in [2.05, 4.69) is 5.38 Å². The molecule has 0 aliphatic rings. The van der Waals surface area contributed by atoms with Crippen molar-refractivity contribution in [2.24, 2.45) is 0 Å². The van der Waals surface area contributed by atoms with Gasteiger partial charge >= 0.3 is 0 Å². The average molecular weight is 245 g/mol. The minimum atomic E-state index is 0.336. The highest BCUT2D eigenvalue weighted by Gasteiger charge is 2.10. The molecule has 74 valence electrons. The zero-order valence-corrected chi connectivity index (χ0v) is 9.97. The van der Waals surface area contributed by atoms with Crippen LogP contribution in [0.2, 0.25) is 0 Å². The Hall–Kier alpha value is -0.380. The highest BCUT2D eigenvalue weighted by molar-refractivity contribution is 7.99. The smallest absolute Gasteiger partial charge is 0.137 e. The summed E-state index contributed by atoms with van der Waals surface area (Å²) >= 11 is 8.97. The third kappa shape index (κ3) is 1.49. The normalized spacial score (nSPS) is 11.0. The monoisotopic (exact) mass is 244 g/mol. The standard InChI is InChI=1S/C10H9ClOS2/c1-13-8-5-14-10-7(8)3-2-6(4-11)9(10)12/h2-3,5,12H,4H2,1H3. The number of benzene rings is 1. The van der Waals surface area contributed by atoms with Crippen LogP contribution in [0.3, 0.4) is 0 Å². The van der Waals surface area contributed by atoms with Crippen molar-refractivity contribution in [3.63, 3.8) is 0 Å². The number of rotatable bonds is 2. The summed E-state index contributed by atoms with van der Waals surface area (Å²) in [4.78, 5) is 1.21. The topological polar surface area (TPSA) is 20.2 Å². The van der Waals surface area contributed by atoms with Crippen molar-refractivity contribution in [2.45, 2.75) is 10.8 Å². The van der Waals surface area contributed by atoms with Gasteiger partial charge < -0.3 is 5.11 Å². The molecule has 0 saturated heterocycles. The number of alkyl halides is 1. The van der Waals surface area contributed by atoms with Crippen molar-refractivity contribution >= 4 is 44.8 Å². The Morgan fingerprint density at radius 1 is 1.50 bits per heavy atom. The van der Waals surface area contributed by atoms with E-state index in [1.165, 1.54) is 4.90 Å². The Bertz CT molecular complexity index is 464. The molecule has 0 atom stereocenters. The maximum absolute atomic E-state index is 9.88. The number of hydrogen-bond acceptors (Lipinski definition) is 3. The van der Waals surface area contributed by atoms with Gasteiger partial charge in [-0.25, -0.2) is 0 Å². The maximum Gasteiger partial charge on any atom is 0.137 e. The maximum atomic E-state index is 9.88. The molecule has 2 rings (SSSR count). The van der Waals surface area contributed by atoms with Gasteiger partial charge in [0.05, 0.1) is 10.6 Å². The van der Waals surface area contributed by atoms with Crippen molar-refractivity contribution in [2.75, 3.05) is 6.26 Å². The molecule has 2 aromatic rings. The van der Waals surface area contributed by atoms with Crippen LogP contribution in [0.15, 0.2) is 22.4 Å². The van der Waals surface area contributed by atoms with Gasteiger partial charge in [-0.1, -0.05) is 12.1 Å². The summed E-state index contributed by atoms with van der Waals surface area (Å²) in [7, 11) is 0. The Labute approximate surface area is 95.7 Å². The van der Waals surface area contributed by atoms with Crippen LogP contribution in [0.4, 0.5) is 0 Å². The molecule has 1 N–H and O–H groups in total. The first-order valence-electron chi connectivity index (χ1n) is 4.10. The molecule has 0 unspecified atom stereocenters. The summed E-state index contributed by atoms with van der Waals surface area (Å²) in [6.45, 7) is 0. The van der Waals surface area contributed by atoms with Crippen LogP contribution in [0.1, 0.15) is 5.56 Å². The zero-order valence-electron chi connectivity index (χ0n) is 7.58. The van der Waals surface area contributed by atoms with Gasteiger partial charge in [0.25, 0.3) is 0 Å². The van der Waals surface area contributed by atoms with Crippen molar-refractivity contribution in [1.29, 1.82) is 0 Å². The molecule has 0 aliphatic carbocycles. The molecule has 0 spiro atoms. The van der Waals surface area contributed by atoms with E-state index in [0.29, 0.717) is 11.6 Å². The fourth-order valence-electron chi connectivity index (χ4n) is 1.37. The van der Waals surface area contributed by atoms with Crippen LogP contribution in [0.5, 0.6) is 5.75 Å². The summed E-state index contributed by atoms with van der Waals surface area (Å²) < 4.78 is 0.938. The fraction of sp³-hybridized carbons (Fsp3) is 0.200. The van der Waals surface area contributed by atoms with Crippen molar-refractivity contribution in [1.82, 2.24) is 0 Å². The molecule has 0 bridgehead atoms. The largest absolute Gasteiger partial charge is 0.506 e. The lowest BCUT2D eigenvalue weighted by Gasteiger charge is -2.01. The van der Waals surface area contributed by atoms with E-state index in [0.717, 1.165) is 15.6 Å². The Morgan fingerprint density at radius 3 is 2.93 bits per heavy atom. The van der Waals surface area contributed by atoms with Crippen LogP contribution >= 0.6 is 34.7 Å². The third-order valence-electron chi connectivity index (χ3n) is 2.13. The lowest BCUT2D eigenvalue weighted by Crippen LogP contribution is -1.79. The van der Waals surface area contributed by atoms with Gasteiger partial charge in [-0.15, -0.1) is 34.7 Å².